The van der Waals surface area contributed by atoms with Crippen LogP contribution < -0.4 is 9.80 Å². The number of hydrogen-bond donors (Lipinski definition) is 0. The smallest absolute Gasteiger partial charge is 0.238 e. The molecule has 14 rings (SSSR count). The summed E-state index contributed by atoms with van der Waals surface area (Å²) in [7, 11) is 0. The summed E-state index contributed by atoms with van der Waals surface area (Å²) in [4.78, 5) is 42.4. The van der Waals surface area contributed by atoms with Crippen molar-refractivity contribution in [2.75, 3.05) is 9.80 Å². The lowest BCUT2D eigenvalue weighted by Gasteiger charge is -2.40. The van der Waals surface area contributed by atoms with E-state index in [1.165, 1.54) is 11.1 Å². The van der Waals surface area contributed by atoms with E-state index in [0.717, 1.165) is 112 Å². The van der Waals surface area contributed by atoms with Crippen LogP contribution in [0.5, 0.6) is 0 Å². The van der Waals surface area contributed by atoms with E-state index in [0.29, 0.717) is 29.2 Å². The highest BCUT2D eigenvalue weighted by molar-refractivity contribution is 6.07. The second-order valence-electron chi connectivity index (χ2n) is 20.7. The highest BCUT2D eigenvalue weighted by Gasteiger charge is 2.36. The highest BCUT2D eigenvalue weighted by atomic mass is 15.3. The minimum atomic E-state index is 0.483. The molecule has 0 N–H and O–H groups in total. The van der Waals surface area contributed by atoms with Gasteiger partial charge in [0.15, 0.2) is 23.3 Å². The molecule has 9 heteroatoms. The molecule has 0 fully saturated rings. The molecule has 394 valence electrons. The summed E-state index contributed by atoms with van der Waals surface area (Å²) in [5.41, 5.74) is 20.3. The Labute approximate surface area is 482 Å². The molecule has 1 aliphatic heterocycles. The first kappa shape index (κ1) is 50.2. The van der Waals surface area contributed by atoms with Crippen molar-refractivity contribution in [3.8, 4) is 102 Å². The lowest BCUT2D eigenvalue weighted by molar-refractivity contribution is 1.01. The van der Waals surface area contributed by atoms with E-state index in [9.17, 15) is 0 Å². The summed E-state index contributed by atoms with van der Waals surface area (Å²) < 4.78 is 0. The lowest BCUT2D eigenvalue weighted by atomic mass is 9.89. The van der Waals surface area contributed by atoms with Gasteiger partial charge in [0.2, 0.25) is 5.95 Å². The maximum absolute atomic E-state index is 5.65. The van der Waals surface area contributed by atoms with Crippen LogP contribution in [0.1, 0.15) is 16.7 Å². The van der Waals surface area contributed by atoms with Gasteiger partial charge in [0.1, 0.15) is 0 Å². The number of para-hydroxylation sites is 4. The topological polar surface area (TPSA) is 96.7 Å². The average molecular weight is 1070 g/mol. The summed E-state index contributed by atoms with van der Waals surface area (Å²) in [6.45, 7) is 6.58. The van der Waals surface area contributed by atoms with Crippen LogP contribution in [0, 0.1) is 20.8 Å². The van der Waals surface area contributed by atoms with E-state index in [1.54, 1.807) is 0 Å². The second-order valence-corrected chi connectivity index (χ2v) is 20.7. The third-order valence-electron chi connectivity index (χ3n) is 15.3. The number of aryl methyl sites for hydroxylation is 3. The molecule has 9 nitrogen and oxygen atoms in total. The molecule has 0 saturated carbocycles. The first-order valence-electron chi connectivity index (χ1n) is 27.8. The van der Waals surface area contributed by atoms with Crippen LogP contribution >= 0.6 is 0 Å². The van der Waals surface area contributed by atoms with Gasteiger partial charge < -0.3 is 4.90 Å². The number of rotatable bonds is 11. The molecule has 0 spiro atoms. The van der Waals surface area contributed by atoms with E-state index < -0.39 is 0 Å². The Morgan fingerprint density at radius 2 is 0.554 bits per heavy atom. The molecule has 1 aliphatic rings. The highest BCUT2D eigenvalue weighted by Crippen LogP contribution is 2.58. The van der Waals surface area contributed by atoms with Crippen molar-refractivity contribution >= 4 is 34.4 Å². The fourth-order valence-electron chi connectivity index (χ4n) is 11.1. The Kier molecular flexibility index (Phi) is 13.0. The summed E-state index contributed by atoms with van der Waals surface area (Å²) in [6.07, 6.45) is 0. The van der Waals surface area contributed by atoms with Gasteiger partial charge in [-0.25, -0.2) is 24.9 Å². The van der Waals surface area contributed by atoms with Crippen molar-refractivity contribution in [1.82, 2.24) is 34.9 Å². The summed E-state index contributed by atoms with van der Waals surface area (Å²) in [5, 5.41) is 0. The van der Waals surface area contributed by atoms with E-state index in [1.807, 2.05) is 97.1 Å². The lowest BCUT2D eigenvalue weighted by Crippen LogP contribution is -2.26. The van der Waals surface area contributed by atoms with Gasteiger partial charge in [0.05, 0.1) is 51.2 Å². The van der Waals surface area contributed by atoms with E-state index in [4.69, 9.17) is 34.9 Å². The molecule has 10 aromatic carbocycles. The Morgan fingerprint density at radius 1 is 0.229 bits per heavy atom. The normalized spacial score (nSPS) is 11.7. The molecule has 0 atom stereocenters. The van der Waals surface area contributed by atoms with Crippen molar-refractivity contribution in [2.24, 2.45) is 0 Å². The van der Waals surface area contributed by atoms with Crippen molar-refractivity contribution in [1.29, 1.82) is 0 Å². The van der Waals surface area contributed by atoms with Crippen LogP contribution in [-0.4, -0.2) is 34.9 Å². The first-order chi connectivity index (χ1) is 40.9. The van der Waals surface area contributed by atoms with Crippen LogP contribution in [-0.2, 0) is 0 Å². The molecular formula is C74H53N9. The van der Waals surface area contributed by atoms with Gasteiger partial charge in [-0.2, -0.15) is 9.97 Å². The van der Waals surface area contributed by atoms with Gasteiger partial charge in [0, 0.05) is 50.1 Å². The van der Waals surface area contributed by atoms with E-state index in [2.05, 4.69) is 200 Å². The zero-order chi connectivity index (χ0) is 55.8. The van der Waals surface area contributed by atoms with Crippen molar-refractivity contribution in [3.63, 3.8) is 0 Å². The summed E-state index contributed by atoms with van der Waals surface area (Å²) in [5.74, 6) is 2.78. The molecule has 0 amide bonds. The Morgan fingerprint density at radius 3 is 0.976 bits per heavy atom. The van der Waals surface area contributed by atoms with Gasteiger partial charge >= 0.3 is 0 Å². The van der Waals surface area contributed by atoms with Gasteiger partial charge in [-0.1, -0.05) is 218 Å². The molecule has 0 bridgehead atoms. The zero-order valence-corrected chi connectivity index (χ0v) is 45.9. The van der Waals surface area contributed by atoms with Crippen molar-refractivity contribution in [2.45, 2.75) is 20.8 Å². The molecule has 0 unspecified atom stereocenters. The van der Waals surface area contributed by atoms with Crippen molar-refractivity contribution < 1.29 is 0 Å². The third-order valence-corrected chi connectivity index (χ3v) is 15.3. The average Bonchev–Trinajstić information content (AvgIpc) is 3.45. The van der Waals surface area contributed by atoms with E-state index in [-0.39, 0.29) is 0 Å². The minimum Gasteiger partial charge on any atom is -0.305 e. The zero-order valence-electron chi connectivity index (χ0n) is 45.9. The number of fused-ring (bicyclic) bond motifs is 2. The Bertz CT molecular complexity index is 4300. The van der Waals surface area contributed by atoms with Crippen LogP contribution in [0.15, 0.2) is 267 Å². The predicted molar refractivity (Wildman–Crippen MR) is 337 cm³/mol. The van der Waals surface area contributed by atoms with Crippen molar-refractivity contribution in [3.05, 3.63) is 284 Å². The third kappa shape index (κ3) is 9.66. The molecule has 83 heavy (non-hydrogen) atoms. The number of anilines is 6. The standard InChI is InChI=1S/C74H53N9/c1-48-42-50(3)58(43-49(48)2)59-44-57(64-47-61(51-26-10-4-11-27-51)75-70(76-64)54-32-16-7-17-33-54)45-60(73-77-62(52-28-12-5-13-29-52)46-63(78-73)53-30-14-6-15-31-53)69(59)82-65-38-22-24-40-67(65)83(68-41-25-23-39-66(68)82)74-80-71(55-34-18-8-19-35-55)79-72(81-74)56-36-20-9-21-37-56/h4-47H,1-3H3. The van der Waals surface area contributed by atoms with Gasteiger partial charge in [-0.05, 0) is 91.6 Å². The number of nitrogens with zero attached hydrogens (tertiary/aromatic N) is 9. The fourth-order valence-corrected chi connectivity index (χ4v) is 11.1. The molecule has 4 heterocycles. The first-order valence-corrected chi connectivity index (χ1v) is 27.8. The molecular weight excluding hydrogens is 1010 g/mol. The summed E-state index contributed by atoms with van der Waals surface area (Å²) in [6, 6.07) is 91.9. The molecule has 13 aromatic rings. The molecule has 0 radical (unpaired) electrons. The Hall–Kier alpha value is -11.0. The minimum absolute atomic E-state index is 0.483. The predicted octanol–water partition coefficient (Wildman–Crippen LogP) is 18.6. The van der Waals surface area contributed by atoms with Gasteiger partial charge in [-0.3, -0.25) is 4.90 Å². The molecule has 0 aliphatic carbocycles. The van der Waals surface area contributed by atoms with Crippen LogP contribution in [0.2, 0.25) is 0 Å². The monoisotopic (exact) mass is 1070 g/mol. The SMILES string of the molecule is Cc1cc(C)c(-c2cc(-c3cc(-c4ccccc4)nc(-c4ccccc4)n3)cc(-c3nc(-c4ccccc4)cc(-c4ccccc4)n3)c2N2c3ccccc3N(c3nc(-c4ccccc4)nc(-c4ccccc4)n3)c3ccccc32)cc1C. The summed E-state index contributed by atoms with van der Waals surface area (Å²) >= 11 is 0. The molecule has 0 saturated heterocycles. The quantitative estimate of drug-likeness (QED) is 0.125. The van der Waals surface area contributed by atoms with Gasteiger partial charge in [0.25, 0.3) is 0 Å². The van der Waals surface area contributed by atoms with Crippen LogP contribution in [0.3, 0.4) is 0 Å². The Balaban J connectivity index is 1.10. The molecule has 3 aromatic heterocycles. The van der Waals surface area contributed by atoms with E-state index >= 15 is 0 Å². The fraction of sp³-hybridized carbons (Fsp3) is 0.0405. The maximum atomic E-state index is 5.65. The second kappa shape index (κ2) is 21.6. The van der Waals surface area contributed by atoms with Gasteiger partial charge in [-0.15, -0.1) is 0 Å². The maximum Gasteiger partial charge on any atom is 0.238 e. The van der Waals surface area contributed by atoms with Crippen LogP contribution in [0.4, 0.5) is 34.4 Å². The number of benzene rings is 10. The van der Waals surface area contributed by atoms with Crippen LogP contribution in [0.25, 0.3) is 102 Å². The number of aromatic nitrogens is 7. The largest absolute Gasteiger partial charge is 0.305 e. The number of hydrogen-bond acceptors (Lipinski definition) is 9.